The Kier molecular flexibility index (Phi) is 8.99. The van der Waals surface area contributed by atoms with Crippen LogP contribution in [0.2, 0.25) is 0 Å². The minimum Gasteiger partial charge on any atom is -0.497 e. The first-order valence-corrected chi connectivity index (χ1v) is 11.4. The van der Waals surface area contributed by atoms with E-state index in [1.54, 1.807) is 42.5 Å². The van der Waals surface area contributed by atoms with Gasteiger partial charge in [0.05, 0.1) is 17.5 Å². The molecule has 0 aliphatic rings. The molecule has 8 nitrogen and oxygen atoms in total. The molecule has 3 aromatic carbocycles. The molecule has 0 atom stereocenters. The van der Waals surface area contributed by atoms with Gasteiger partial charge in [0.15, 0.2) is 0 Å². The molecule has 4 rings (SSSR count). The maximum Gasteiger partial charge on any atom is 1.00 e. The summed E-state index contributed by atoms with van der Waals surface area (Å²) in [6, 6.07) is 16.6. The molecule has 34 heavy (non-hydrogen) atoms. The number of aromatic nitrogens is 2. The normalized spacial score (nSPS) is 11.0. The number of methoxy groups -OCH3 is 1. The summed E-state index contributed by atoms with van der Waals surface area (Å²) in [5.74, 6) is -0.0516. The molecule has 0 spiro atoms. The molecule has 11 heteroatoms. The van der Waals surface area contributed by atoms with Crippen LogP contribution in [0.3, 0.4) is 0 Å². The number of hydrogen-bond donors (Lipinski definition) is 2. The maximum atomic E-state index is 13.3. The molecule has 0 saturated heterocycles. The van der Waals surface area contributed by atoms with E-state index in [1.165, 1.54) is 7.11 Å². The Morgan fingerprint density at radius 2 is 1.71 bits per heavy atom. The maximum absolute atomic E-state index is 13.3. The third-order valence-electron chi connectivity index (χ3n) is 4.82. The molecule has 0 radical (unpaired) electrons. The van der Waals surface area contributed by atoms with Gasteiger partial charge in [-0.15, -0.1) is 0 Å². The van der Waals surface area contributed by atoms with Gasteiger partial charge in [0, 0.05) is 18.4 Å². The Bertz CT molecular complexity index is 1400. The van der Waals surface area contributed by atoms with Gasteiger partial charge in [0.1, 0.15) is 17.4 Å². The van der Waals surface area contributed by atoms with E-state index in [9.17, 15) is 17.9 Å². The number of halogens is 1. The summed E-state index contributed by atoms with van der Waals surface area (Å²) in [6.45, 7) is -0.0828. The summed E-state index contributed by atoms with van der Waals surface area (Å²) in [6.07, 6.45) is 0.355. The second-order valence-corrected chi connectivity index (χ2v) is 8.63. The third kappa shape index (κ3) is 6.11. The van der Waals surface area contributed by atoms with Crippen LogP contribution < -0.4 is 61.4 Å². The fourth-order valence-electron chi connectivity index (χ4n) is 3.18. The molecule has 0 bridgehead atoms. The second kappa shape index (κ2) is 11.5. The van der Waals surface area contributed by atoms with Gasteiger partial charge in [-0.05, 0) is 59.7 Å². The van der Waals surface area contributed by atoms with Crippen LogP contribution >= 0.6 is 0 Å². The summed E-state index contributed by atoms with van der Waals surface area (Å²) >= 11 is 0. The molecule has 0 fully saturated rings. The molecule has 1 heterocycles. The zero-order chi connectivity index (χ0) is 23.4. The molecule has 4 aromatic rings. The van der Waals surface area contributed by atoms with Crippen LogP contribution in [-0.2, 0) is 16.4 Å². The van der Waals surface area contributed by atoms with Gasteiger partial charge < -0.3 is 24.9 Å². The molecular formula is C23H20FKN4O4S. The number of nitrogens with zero attached hydrogens (tertiary/aromatic N) is 3. The van der Waals surface area contributed by atoms with Crippen molar-refractivity contribution in [1.82, 2.24) is 9.97 Å². The number of fused-ring (bicyclic) bond motifs is 1. The molecule has 0 saturated carbocycles. The number of hydrogen-bond acceptors (Lipinski definition) is 7. The quantitative estimate of drug-likeness (QED) is 0.348. The second-order valence-electron chi connectivity index (χ2n) is 7.03. The largest absolute Gasteiger partial charge is 1.00 e. The van der Waals surface area contributed by atoms with Crippen molar-refractivity contribution in [2.75, 3.05) is 19.0 Å². The van der Waals surface area contributed by atoms with Crippen LogP contribution in [0.4, 0.5) is 21.7 Å². The topological polar surface area (TPSA) is 116 Å². The van der Waals surface area contributed by atoms with Crippen molar-refractivity contribution < 1.29 is 74.0 Å². The smallest absolute Gasteiger partial charge is 0.497 e. The monoisotopic (exact) mass is 506 g/mol. The van der Waals surface area contributed by atoms with Crippen molar-refractivity contribution in [2.24, 2.45) is 0 Å². The van der Waals surface area contributed by atoms with Crippen LogP contribution in [0, 0.1) is 5.82 Å². The van der Waals surface area contributed by atoms with Gasteiger partial charge in [-0.1, -0.05) is 24.3 Å². The molecule has 2 N–H and O–H groups in total. The molecule has 0 unspecified atom stereocenters. The summed E-state index contributed by atoms with van der Waals surface area (Å²) in [5, 5.41) is 12.5. The van der Waals surface area contributed by atoms with Crippen molar-refractivity contribution in [1.29, 1.82) is 0 Å². The summed E-state index contributed by atoms with van der Waals surface area (Å²) < 4.78 is 48.2. The first kappa shape index (κ1) is 26.5. The predicted octanol–water partition coefficient (Wildman–Crippen LogP) is 1.45. The van der Waals surface area contributed by atoms with E-state index in [-0.39, 0.29) is 74.5 Å². The number of ether oxygens (including phenoxy) is 1. The zero-order valence-corrected chi connectivity index (χ0v) is 22.5. The van der Waals surface area contributed by atoms with E-state index in [2.05, 4.69) is 20.0 Å². The van der Waals surface area contributed by atoms with Crippen LogP contribution in [0.1, 0.15) is 5.56 Å². The Labute approximate surface area is 239 Å². The number of benzene rings is 3. The van der Waals surface area contributed by atoms with Crippen molar-refractivity contribution >= 4 is 38.4 Å². The summed E-state index contributed by atoms with van der Waals surface area (Å²) in [5.41, 5.74) is 2.31. The Balaban J connectivity index is 0.00000324. The van der Waals surface area contributed by atoms with Gasteiger partial charge >= 0.3 is 51.4 Å². The first-order chi connectivity index (χ1) is 15.9. The molecule has 1 aromatic heterocycles. The van der Waals surface area contributed by atoms with Crippen molar-refractivity contribution in [2.45, 2.75) is 11.3 Å². The average Bonchev–Trinajstić information content (AvgIpc) is 2.80. The predicted molar refractivity (Wildman–Crippen MR) is 123 cm³/mol. The van der Waals surface area contributed by atoms with Crippen LogP contribution in [0.25, 0.3) is 15.8 Å². The van der Waals surface area contributed by atoms with Gasteiger partial charge in [0.2, 0.25) is 10.0 Å². The fourth-order valence-corrected chi connectivity index (χ4v) is 4.12. The Morgan fingerprint density at radius 3 is 2.35 bits per heavy atom. The molecule has 170 valence electrons. The third-order valence-corrected chi connectivity index (χ3v) is 6.10. The summed E-state index contributed by atoms with van der Waals surface area (Å²) in [7, 11) is -2.67. The van der Waals surface area contributed by atoms with Gasteiger partial charge in [-0.3, -0.25) is 0 Å². The minimum atomic E-state index is -4.20. The van der Waals surface area contributed by atoms with Gasteiger partial charge in [0.25, 0.3) is 0 Å². The Morgan fingerprint density at radius 1 is 1.03 bits per heavy atom. The van der Waals surface area contributed by atoms with E-state index in [0.29, 0.717) is 28.9 Å². The molecule has 0 aliphatic carbocycles. The minimum absolute atomic E-state index is 0. The Hall–Kier alpha value is -2.12. The number of anilines is 2. The number of nitrogens with one attached hydrogen (secondary N) is 1. The van der Waals surface area contributed by atoms with Gasteiger partial charge in [-0.25, -0.2) is 17.8 Å². The van der Waals surface area contributed by atoms with E-state index >= 15 is 0 Å². The number of rotatable bonds is 8. The van der Waals surface area contributed by atoms with E-state index in [4.69, 9.17) is 4.74 Å². The molecule has 0 amide bonds. The number of aliphatic hydroxyl groups is 1. The average molecular weight is 507 g/mol. The van der Waals surface area contributed by atoms with Gasteiger partial charge in [-0.2, -0.15) is 0 Å². The van der Waals surface area contributed by atoms with E-state index in [0.717, 1.165) is 29.8 Å². The number of sulfonamides is 1. The van der Waals surface area contributed by atoms with E-state index in [1.807, 2.05) is 0 Å². The zero-order valence-electron chi connectivity index (χ0n) is 18.6. The fraction of sp³-hybridized carbons (Fsp3) is 0.130. The molecular weight excluding hydrogens is 486 g/mol. The van der Waals surface area contributed by atoms with Crippen LogP contribution in [0.5, 0.6) is 5.75 Å². The van der Waals surface area contributed by atoms with E-state index < -0.39 is 15.8 Å². The number of aliphatic hydroxyl groups excluding tert-OH is 1. The van der Waals surface area contributed by atoms with Crippen LogP contribution in [0.15, 0.2) is 71.6 Å². The van der Waals surface area contributed by atoms with Crippen molar-refractivity contribution in [3.63, 3.8) is 0 Å². The van der Waals surface area contributed by atoms with Crippen LogP contribution in [-0.4, -0.2) is 37.2 Å². The first-order valence-electron chi connectivity index (χ1n) is 9.95. The SMILES string of the molecule is COc1ccc(CCO)c(Nc2nc3ccccc3nc2[N-]S(=O)(=O)c2ccc(F)cc2)c1.[K+]. The standard InChI is InChI=1S/C23H20FN4O4S.K/c1-32-17-9-6-15(12-13-29)21(14-17)27-22-23(26-20-5-3-2-4-19(20)25-22)28-33(30,31)18-10-7-16(24)8-11-18;/h2-11,14,29H,12-13H2,1H3,(H-,25,26,27,28);/q-1;+1. The van der Waals surface area contributed by atoms with Crippen molar-refractivity contribution in [3.8, 4) is 5.75 Å². The van der Waals surface area contributed by atoms with Crippen molar-refractivity contribution in [3.05, 3.63) is 82.8 Å². The summed E-state index contributed by atoms with van der Waals surface area (Å²) in [4.78, 5) is 8.74. The molecule has 0 aliphatic heterocycles. The number of para-hydroxylation sites is 2.